The van der Waals surface area contributed by atoms with Gasteiger partial charge in [0.1, 0.15) is 11.7 Å². The molecule has 0 bridgehead atoms. The molecule has 1 heterocycles. The molecule has 0 aromatic rings. The Bertz CT molecular complexity index is 457. The van der Waals surface area contributed by atoms with Gasteiger partial charge >= 0.3 is 0 Å². The summed E-state index contributed by atoms with van der Waals surface area (Å²) in [5, 5.41) is 9.12. The average molecular weight is 346 g/mol. The van der Waals surface area contributed by atoms with Crippen LogP contribution in [0.2, 0.25) is 0 Å². The van der Waals surface area contributed by atoms with Crippen LogP contribution in [0.1, 0.15) is 40.5 Å². The third-order valence-corrected chi connectivity index (χ3v) is 4.75. The molecule has 0 radical (unpaired) electrons. The molecule has 23 heavy (non-hydrogen) atoms. The van der Waals surface area contributed by atoms with Gasteiger partial charge in [0.05, 0.1) is 12.3 Å². The van der Waals surface area contributed by atoms with E-state index >= 15 is 0 Å². The number of carbonyl (C=O) groups excluding carboxylic acids is 1. The van der Waals surface area contributed by atoms with Gasteiger partial charge < -0.3 is 9.84 Å². The van der Waals surface area contributed by atoms with E-state index in [1.54, 1.807) is 0 Å². The number of amides is 1. The SMILES string of the molecule is CCCN=C(C(F)=CN(C(C)=O)C1CSC(CO)O1)C(C)CC. The maximum Gasteiger partial charge on any atom is 0.225 e. The van der Waals surface area contributed by atoms with Gasteiger partial charge in [0.2, 0.25) is 5.91 Å². The van der Waals surface area contributed by atoms with Crippen LogP contribution < -0.4 is 0 Å². The molecule has 3 atom stereocenters. The van der Waals surface area contributed by atoms with Crippen molar-refractivity contribution in [3.63, 3.8) is 0 Å². The minimum atomic E-state index is -0.565. The minimum absolute atomic E-state index is 0.0179. The van der Waals surface area contributed by atoms with Gasteiger partial charge in [-0.3, -0.25) is 14.7 Å². The fourth-order valence-corrected chi connectivity index (χ4v) is 3.07. The van der Waals surface area contributed by atoms with Crippen LogP contribution in [-0.2, 0) is 9.53 Å². The van der Waals surface area contributed by atoms with E-state index < -0.39 is 12.1 Å². The van der Waals surface area contributed by atoms with Crippen molar-refractivity contribution in [3.05, 3.63) is 12.0 Å². The third-order valence-electron chi connectivity index (χ3n) is 3.64. The van der Waals surface area contributed by atoms with Gasteiger partial charge in [-0.1, -0.05) is 20.8 Å². The number of allylic oxidation sites excluding steroid dienone is 1. The molecule has 0 aromatic carbocycles. The summed E-state index contributed by atoms with van der Waals surface area (Å²) in [7, 11) is 0. The van der Waals surface area contributed by atoms with Crippen molar-refractivity contribution in [2.45, 2.75) is 52.2 Å². The van der Waals surface area contributed by atoms with Crippen molar-refractivity contribution in [2.24, 2.45) is 10.9 Å². The highest BCUT2D eigenvalue weighted by Crippen LogP contribution is 2.28. The second-order valence-corrected chi connectivity index (χ2v) is 6.71. The molecule has 1 saturated heterocycles. The predicted octanol–water partition coefficient (Wildman–Crippen LogP) is 2.95. The largest absolute Gasteiger partial charge is 0.393 e. The third kappa shape index (κ3) is 5.90. The van der Waals surface area contributed by atoms with Crippen molar-refractivity contribution in [2.75, 3.05) is 18.9 Å². The lowest BCUT2D eigenvalue weighted by Gasteiger charge is -2.24. The molecule has 0 aliphatic carbocycles. The summed E-state index contributed by atoms with van der Waals surface area (Å²) in [5.41, 5.74) is 0.0195. The zero-order valence-corrected chi connectivity index (χ0v) is 15.1. The summed E-state index contributed by atoms with van der Waals surface area (Å²) in [5.74, 6) is -0.317. The van der Waals surface area contributed by atoms with E-state index in [1.807, 2.05) is 20.8 Å². The lowest BCUT2D eigenvalue weighted by Crippen LogP contribution is -2.37. The molecule has 1 fully saturated rings. The summed E-state index contributed by atoms with van der Waals surface area (Å²) in [6, 6.07) is 0. The molecule has 132 valence electrons. The molecular weight excluding hydrogens is 319 g/mol. The Hall–Kier alpha value is -0.920. The highest BCUT2D eigenvalue weighted by atomic mass is 32.2. The van der Waals surface area contributed by atoms with Gasteiger partial charge in [-0.25, -0.2) is 4.39 Å². The van der Waals surface area contributed by atoms with Crippen molar-refractivity contribution in [1.82, 2.24) is 4.90 Å². The van der Waals surface area contributed by atoms with Crippen LogP contribution in [0.5, 0.6) is 0 Å². The van der Waals surface area contributed by atoms with E-state index in [0.29, 0.717) is 18.0 Å². The van der Waals surface area contributed by atoms with Crippen LogP contribution in [-0.4, -0.2) is 52.2 Å². The van der Waals surface area contributed by atoms with Crippen LogP contribution in [0.15, 0.2) is 17.0 Å². The first kappa shape index (κ1) is 20.1. The number of ether oxygens (including phenoxy) is 1. The number of hydrogen-bond donors (Lipinski definition) is 1. The Morgan fingerprint density at radius 1 is 1.57 bits per heavy atom. The smallest absolute Gasteiger partial charge is 0.225 e. The van der Waals surface area contributed by atoms with Crippen molar-refractivity contribution in [1.29, 1.82) is 0 Å². The molecule has 7 heteroatoms. The monoisotopic (exact) mass is 346 g/mol. The first-order valence-electron chi connectivity index (χ1n) is 8.03. The Labute approximate surface area is 142 Å². The maximum absolute atomic E-state index is 14.7. The quantitative estimate of drug-likeness (QED) is 0.687. The van der Waals surface area contributed by atoms with E-state index in [4.69, 9.17) is 9.84 Å². The van der Waals surface area contributed by atoms with Crippen LogP contribution in [0.3, 0.4) is 0 Å². The highest BCUT2D eigenvalue weighted by molar-refractivity contribution is 8.00. The number of carbonyl (C=O) groups is 1. The summed E-state index contributed by atoms with van der Waals surface area (Å²) in [6.07, 6.45) is 2.23. The number of thioether (sulfide) groups is 1. The average Bonchev–Trinajstić information content (AvgIpc) is 3.00. The summed E-state index contributed by atoms with van der Waals surface area (Å²) >= 11 is 1.41. The second-order valence-electron chi connectivity index (χ2n) is 5.52. The molecule has 5 nitrogen and oxygen atoms in total. The van der Waals surface area contributed by atoms with E-state index in [0.717, 1.165) is 12.8 Å². The number of aliphatic hydroxyl groups excluding tert-OH is 1. The number of hydrogen-bond acceptors (Lipinski definition) is 5. The number of aliphatic imine (C=N–C) groups is 1. The zero-order valence-electron chi connectivity index (χ0n) is 14.3. The molecule has 1 N–H and O–H groups in total. The standard InChI is InChI=1S/C16H27FN2O3S/c1-5-7-18-16(11(3)6-2)13(17)8-19(12(4)21)14-10-23-15(9-20)22-14/h8,11,14-15,20H,5-7,9-10H2,1-4H3. The van der Waals surface area contributed by atoms with Crippen molar-refractivity contribution in [3.8, 4) is 0 Å². The number of nitrogens with zero attached hydrogens (tertiary/aromatic N) is 2. The number of halogens is 1. The molecule has 1 amide bonds. The van der Waals surface area contributed by atoms with E-state index in [1.165, 1.54) is 29.8 Å². The fourth-order valence-electron chi connectivity index (χ4n) is 2.14. The maximum atomic E-state index is 14.7. The number of aliphatic hydroxyl groups is 1. The zero-order chi connectivity index (χ0) is 17.4. The van der Waals surface area contributed by atoms with E-state index in [2.05, 4.69) is 4.99 Å². The van der Waals surface area contributed by atoms with Crippen LogP contribution in [0.4, 0.5) is 4.39 Å². The first-order valence-corrected chi connectivity index (χ1v) is 9.08. The van der Waals surface area contributed by atoms with Crippen LogP contribution in [0, 0.1) is 5.92 Å². The van der Waals surface area contributed by atoms with Crippen LogP contribution >= 0.6 is 11.8 Å². The predicted molar refractivity (Wildman–Crippen MR) is 92.0 cm³/mol. The normalized spacial score (nSPS) is 23.9. The topological polar surface area (TPSA) is 62.1 Å². The summed E-state index contributed by atoms with van der Waals surface area (Å²) in [6.45, 7) is 7.68. The molecule has 0 saturated carbocycles. The Morgan fingerprint density at radius 2 is 2.26 bits per heavy atom. The van der Waals surface area contributed by atoms with Gasteiger partial charge in [-0.2, -0.15) is 0 Å². The van der Waals surface area contributed by atoms with Crippen molar-refractivity contribution >= 4 is 23.4 Å². The Morgan fingerprint density at radius 3 is 2.74 bits per heavy atom. The lowest BCUT2D eigenvalue weighted by atomic mass is 10.0. The molecule has 0 spiro atoms. The minimum Gasteiger partial charge on any atom is -0.393 e. The second kappa shape index (κ2) is 10.1. The summed E-state index contributed by atoms with van der Waals surface area (Å²) < 4.78 is 20.2. The highest BCUT2D eigenvalue weighted by Gasteiger charge is 2.31. The molecule has 3 unspecified atom stereocenters. The molecule has 1 aliphatic rings. The van der Waals surface area contributed by atoms with E-state index in [-0.39, 0.29) is 23.9 Å². The van der Waals surface area contributed by atoms with Crippen molar-refractivity contribution < 1.29 is 19.0 Å². The van der Waals surface area contributed by atoms with Crippen LogP contribution in [0.25, 0.3) is 0 Å². The number of rotatable bonds is 8. The Kier molecular flexibility index (Phi) is 8.79. The Balaban J connectivity index is 2.98. The summed E-state index contributed by atoms with van der Waals surface area (Å²) in [4.78, 5) is 17.4. The molecular formula is C16H27FN2O3S. The van der Waals surface area contributed by atoms with Gasteiger partial charge in [0.25, 0.3) is 0 Å². The van der Waals surface area contributed by atoms with Gasteiger partial charge in [0, 0.05) is 31.3 Å². The lowest BCUT2D eigenvalue weighted by molar-refractivity contribution is -0.137. The molecule has 1 rings (SSSR count). The fraction of sp³-hybridized carbons (Fsp3) is 0.750. The van der Waals surface area contributed by atoms with Gasteiger partial charge in [-0.15, -0.1) is 11.8 Å². The molecule has 0 aromatic heterocycles. The first-order chi connectivity index (χ1) is 10.9. The van der Waals surface area contributed by atoms with E-state index in [9.17, 15) is 9.18 Å². The van der Waals surface area contributed by atoms with Gasteiger partial charge in [-0.05, 0) is 12.8 Å². The van der Waals surface area contributed by atoms with Gasteiger partial charge in [0.15, 0.2) is 5.83 Å². The molecule has 1 aliphatic heterocycles.